The Labute approximate surface area is 214 Å². The molecule has 0 saturated heterocycles. The molecule has 5 nitrogen and oxygen atoms in total. The molecular formula is C30H28F2N2O3. The summed E-state index contributed by atoms with van der Waals surface area (Å²) in [7, 11) is 0. The smallest absolute Gasteiger partial charge is 0.307 e. The zero-order valence-corrected chi connectivity index (χ0v) is 20.2. The molecule has 3 N–H and O–H groups in total. The van der Waals surface area contributed by atoms with Crippen LogP contribution in [0.4, 0.5) is 8.78 Å². The molecule has 0 radical (unpaired) electrons. The zero-order chi connectivity index (χ0) is 26.2. The van der Waals surface area contributed by atoms with Gasteiger partial charge >= 0.3 is 5.97 Å². The predicted octanol–water partition coefficient (Wildman–Crippen LogP) is 5.85. The lowest BCUT2D eigenvalue weighted by molar-refractivity contribution is -0.136. The third kappa shape index (κ3) is 6.77. The molecule has 1 atom stereocenters. The fourth-order valence-electron chi connectivity index (χ4n) is 4.24. The number of halogens is 2. The number of hydrogen-bond acceptors (Lipinski definition) is 4. The maximum atomic E-state index is 15.4. The van der Waals surface area contributed by atoms with Crippen molar-refractivity contribution in [2.24, 2.45) is 5.73 Å². The Bertz CT molecular complexity index is 1360. The highest BCUT2D eigenvalue weighted by atomic mass is 19.1. The van der Waals surface area contributed by atoms with Gasteiger partial charge in [0.05, 0.1) is 12.5 Å². The maximum absolute atomic E-state index is 15.4. The second kappa shape index (κ2) is 12.2. The Hall–Kier alpha value is -4.10. The van der Waals surface area contributed by atoms with E-state index >= 15 is 4.39 Å². The highest BCUT2D eigenvalue weighted by Crippen LogP contribution is 2.30. The second-order valence-electron chi connectivity index (χ2n) is 8.83. The molecule has 4 rings (SSSR count). The quantitative estimate of drug-likeness (QED) is 0.269. The summed E-state index contributed by atoms with van der Waals surface area (Å²) in [6.45, 7) is -0.695. The monoisotopic (exact) mass is 502 g/mol. The molecule has 0 fully saturated rings. The van der Waals surface area contributed by atoms with Crippen LogP contribution < -0.4 is 10.5 Å². The van der Waals surface area contributed by atoms with Crippen LogP contribution in [0.5, 0.6) is 5.75 Å². The number of aliphatic carboxylic acids is 1. The number of nitrogens with zero attached hydrogens (tertiary/aromatic N) is 1. The molecule has 0 aliphatic rings. The van der Waals surface area contributed by atoms with Crippen molar-refractivity contribution >= 4 is 5.97 Å². The molecule has 37 heavy (non-hydrogen) atoms. The van der Waals surface area contributed by atoms with Gasteiger partial charge in [0.1, 0.15) is 24.8 Å². The molecule has 1 unspecified atom stereocenters. The van der Waals surface area contributed by atoms with E-state index in [2.05, 4.69) is 4.98 Å². The van der Waals surface area contributed by atoms with Gasteiger partial charge in [-0.2, -0.15) is 0 Å². The molecule has 7 heteroatoms. The van der Waals surface area contributed by atoms with Crippen LogP contribution in [0.1, 0.15) is 33.9 Å². The van der Waals surface area contributed by atoms with Crippen molar-refractivity contribution in [3.8, 4) is 16.9 Å². The number of nitrogens with two attached hydrogens (primary N) is 1. The normalized spacial score (nSPS) is 11.8. The Morgan fingerprint density at radius 1 is 0.946 bits per heavy atom. The minimum absolute atomic E-state index is 0.127. The standard InChI is InChI=1S/C30H28F2N2O3/c31-18-27(33)26-6-3-5-25(30(26)32)24-15-21(9-8-20-10-12-34-13-11-20)14-22(16-24)19-37-28-7-2-1-4-23(28)17-29(35)36/h1-7,10-16,27H,8-9,17-19,33H2,(H,35,36). The molecule has 0 amide bonds. The molecule has 0 saturated carbocycles. The lowest BCUT2D eigenvalue weighted by Crippen LogP contribution is -2.14. The van der Waals surface area contributed by atoms with Gasteiger partial charge in [-0.25, -0.2) is 8.78 Å². The van der Waals surface area contributed by atoms with E-state index < -0.39 is 24.5 Å². The number of carboxylic acid groups (broad SMARTS) is 1. The molecule has 0 aliphatic heterocycles. The maximum Gasteiger partial charge on any atom is 0.307 e. The van der Waals surface area contributed by atoms with E-state index in [1.54, 1.807) is 48.8 Å². The van der Waals surface area contributed by atoms with Gasteiger partial charge < -0.3 is 15.6 Å². The minimum atomic E-state index is -1.04. The third-order valence-corrected chi connectivity index (χ3v) is 6.12. The van der Waals surface area contributed by atoms with Gasteiger partial charge in [-0.05, 0) is 59.4 Å². The van der Waals surface area contributed by atoms with Crippen LogP contribution in [-0.4, -0.2) is 22.7 Å². The third-order valence-electron chi connectivity index (χ3n) is 6.12. The summed E-state index contributed by atoms with van der Waals surface area (Å²) in [6.07, 6.45) is 4.80. The van der Waals surface area contributed by atoms with Crippen molar-refractivity contribution in [2.45, 2.75) is 31.9 Å². The molecule has 0 aliphatic carbocycles. The molecule has 0 spiro atoms. The van der Waals surface area contributed by atoms with E-state index in [0.29, 0.717) is 28.9 Å². The molecular weight excluding hydrogens is 474 g/mol. The average Bonchev–Trinajstić information content (AvgIpc) is 2.91. The highest BCUT2D eigenvalue weighted by molar-refractivity contribution is 5.71. The van der Waals surface area contributed by atoms with E-state index in [-0.39, 0.29) is 18.6 Å². The lowest BCUT2D eigenvalue weighted by atomic mass is 9.94. The SMILES string of the molecule is NC(CF)c1cccc(-c2cc(CCc3ccncc3)cc(COc3ccccc3CC(=O)O)c2)c1F. The van der Waals surface area contributed by atoms with Crippen molar-refractivity contribution in [2.75, 3.05) is 6.67 Å². The van der Waals surface area contributed by atoms with Gasteiger partial charge in [0.15, 0.2) is 0 Å². The fourth-order valence-corrected chi connectivity index (χ4v) is 4.24. The van der Waals surface area contributed by atoms with Gasteiger partial charge in [0, 0.05) is 29.1 Å². The topological polar surface area (TPSA) is 85.4 Å². The Balaban J connectivity index is 1.67. The van der Waals surface area contributed by atoms with Crippen molar-refractivity contribution in [3.05, 3.63) is 119 Å². The number of hydrogen-bond donors (Lipinski definition) is 2. The highest BCUT2D eigenvalue weighted by Gasteiger charge is 2.17. The number of aromatic nitrogens is 1. The summed E-state index contributed by atoms with van der Waals surface area (Å²) < 4.78 is 34.6. The molecule has 3 aromatic carbocycles. The van der Waals surface area contributed by atoms with Crippen LogP contribution in [0.25, 0.3) is 11.1 Å². The van der Waals surface area contributed by atoms with E-state index in [1.807, 2.05) is 30.3 Å². The first-order valence-corrected chi connectivity index (χ1v) is 12.0. The number of aryl methyl sites for hydroxylation is 2. The first-order valence-electron chi connectivity index (χ1n) is 12.0. The minimum Gasteiger partial charge on any atom is -0.489 e. The van der Waals surface area contributed by atoms with E-state index in [0.717, 1.165) is 23.1 Å². The average molecular weight is 503 g/mol. The summed E-state index contributed by atoms with van der Waals surface area (Å²) in [5.41, 5.74) is 10.4. The number of pyridine rings is 1. The van der Waals surface area contributed by atoms with Crippen molar-refractivity contribution in [3.63, 3.8) is 0 Å². The summed E-state index contributed by atoms with van der Waals surface area (Å²) in [5.74, 6) is -1.01. The van der Waals surface area contributed by atoms with Gasteiger partial charge in [0.25, 0.3) is 0 Å². The molecule has 1 aromatic heterocycles. The Morgan fingerprint density at radius 2 is 1.68 bits per heavy atom. The van der Waals surface area contributed by atoms with Crippen molar-refractivity contribution < 1.29 is 23.4 Å². The van der Waals surface area contributed by atoms with E-state index in [9.17, 15) is 14.3 Å². The van der Waals surface area contributed by atoms with Crippen LogP contribution in [-0.2, 0) is 30.7 Å². The largest absolute Gasteiger partial charge is 0.489 e. The Kier molecular flexibility index (Phi) is 8.59. The van der Waals surface area contributed by atoms with Crippen LogP contribution in [0, 0.1) is 5.82 Å². The molecule has 190 valence electrons. The molecule has 4 aromatic rings. The number of alkyl halides is 1. The number of carboxylic acids is 1. The van der Waals surface area contributed by atoms with Crippen LogP contribution in [0.3, 0.4) is 0 Å². The van der Waals surface area contributed by atoms with E-state index in [1.165, 1.54) is 6.07 Å². The van der Waals surface area contributed by atoms with Crippen LogP contribution in [0.15, 0.2) is 85.2 Å². The fraction of sp³-hybridized carbons (Fsp3) is 0.200. The molecule has 0 bridgehead atoms. The van der Waals surface area contributed by atoms with Crippen molar-refractivity contribution in [1.82, 2.24) is 4.98 Å². The Morgan fingerprint density at radius 3 is 2.43 bits per heavy atom. The zero-order valence-electron chi connectivity index (χ0n) is 20.2. The first-order chi connectivity index (χ1) is 17.9. The number of para-hydroxylation sites is 1. The molecule has 1 heterocycles. The summed E-state index contributed by atoms with van der Waals surface area (Å²) in [4.78, 5) is 15.3. The summed E-state index contributed by atoms with van der Waals surface area (Å²) in [5, 5.41) is 9.21. The first kappa shape index (κ1) is 26.0. The second-order valence-corrected chi connectivity index (χ2v) is 8.83. The number of carbonyl (C=O) groups is 1. The van der Waals surface area contributed by atoms with Crippen LogP contribution >= 0.6 is 0 Å². The lowest BCUT2D eigenvalue weighted by Gasteiger charge is -2.16. The van der Waals surface area contributed by atoms with Gasteiger partial charge in [-0.1, -0.05) is 48.5 Å². The van der Waals surface area contributed by atoms with Gasteiger partial charge in [-0.15, -0.1) is 0 Å². The van der Waals surface area contributed by atoms with E-state index in [4.69, 9.17) is 10.5 Å². The van der Waals surface area contributed by atoms with Gasteiger partial charge in [-0.3, -0.25) is 9.78 Å². The predicted molar refractivity (Wildman–Crippen MR) is 138 cm³/mol. The number of benzene rings is 3. The van der Waals surface area contributed by atoms with Gasteiger partial charge in [0.2, 0.25) is 0 Å². The van der Waals surface area contributed by atoms with Crippen LogP contribution in [0.2, 0.25) is 0 Å². The number of ether oxygens (including phenoxy) is 1. The summed E-state index contributed by atoms with van der Waals surface area (Å²) in [6, 6.07) is 20.4. The van der Waals surface area contributed by atoms with Crippen molar-refractivity contribution in [1.29, 1.82) is 0 Å². The summed E-state index contributed by atoms with van der Waals surface area (Å²) >= 11 is 0. The number of rotatable bonds is 11.